The van der Waals surface area contributed by atoms with E-state index in [-0.39, 0.29) is 26.3 Å². The van der Waals surface area contributed by atoms with Crippen molar-refractivity contribution in [2.75, 3.05) is 32.6 Å². The van der Waals surface area contributed by atoms with Gasteiger partial charge < -0.3 is 9.84 Å². The van der Waals surface area contributed by atoms with E-state index >= 15 is 0 Å². The van der Waals surface area contributed by atoms with Crippen LogP contribution in [0.15, 0.2) is 0 Å². The van der Waals surface area contributed by atoms with Crippen LogP contribution in [0.25, 0.3) is 0 Å². The first-order valence-electron chi connectivity index (χ1n) is 4.17. The molecule has 0 aromatic heterocycles. The van der Waals surface area contributed by atoms with Crippen LogP contribution in [0.2, 0.25) is 0 Å². The van der Waals surface area contributed by atoms with E-state index in [0.717, 1.165) is 10.6 Å². The monoisotopic (exact) mass is 223 g/mol. The maximum absolute atomic E-state index is 11.2. The van der Waals surface area contributed by atoms with Gasteiger partial charge in [0.25, 0.3) is 0 Å². The molecule has 7 heteroatoms. The topological polar surface area (TPSA) is 83.9 Å². The molecule has 6 nitrogen and oxygen atoms in total. The quantitative estimate of drug-likeness (QED) is 0.647. The van der Waals surface area contributed by atoms with E-state index in [1.165, 1.54) is 0 Å². The van der Waals surface area contributed by atoms with Crippen LogP contribution in [0.3, 0.4) is 0 Å². The van der Waals surface area contributed by atoms with Gasteiger partial charge in [0.15, 0.2) is 0 Å². The van der Waals surface area contributed by atoms with Crippen LogP contribution in [0.5, 0.6) is 0 Å². The summed E-state index contributed by atoms with van der Waals surface area (Å²) in [6.45, 7) is 0.537. The molecular weight excluding hydrogens is 210 g/mol. The summed E-state index contributed by atoms with van der Waals surface area (Å²) in [5, 5.41) is 8.75. The van der Waals surface area contributed by atoms with Gasteiger partial charge in [0.1, 0.15) is 0 Å². The number of nitrogens with zero attached hydrogens (tertiary/aromatic N) is 1. The number of carboxylic acid groups (broad SMARTS) is 1. The Morgan fingerprint density at radius 3 is 2.71 bits per heavy atom. The van der Waals surface area contributed by atoms with Crippen LogP contribution < -0.4 is 0 Å². The minimum atomic E-state index is -3.33. The van der Waals surface area contributed by atoms with Crippen LogP contribution in [-0.2, 0) is 19.6 Å². The summed E-state index contributed by atoms with van der Waals surface area (Å²) in [6, 6.07) is 0. The predicted octanol–water partition coefficient (Wildman–Crippen LogP) is -1.02. The van der Waals surface area contributed by atoms with Crippen molar-refractivity contribution in [3.05, 3.63) is 0 Å². The van der Waals surface area contributed by atoms with Crippen molar-refractivity contribution in [3.63, 3.8) is 0 Å². The highest BCUT2D eigenvalue weighted by Gasteiger charge is 2.28. The molecule has 1 atom stereocenters. The maximum Gasteiger partial charge on any atom is 0.310 e. The summed E-state index contributed by atoms with van der Waals surface area (Å²) in [5.74, 6) is -1.80. The molecule has 1 rings (SSSR count). The van der Waals surface area contributed by atoms with Crippen molar-refractivity contribution < 1.29 is 23.1 Å². The highest BCUT2D eigenvalue weighted by atomic mass is 32.2. The van der Waals surface area contributed by atoms with E-state index in [4.69, 9.17) is 9.84 Å². The Hall–Kier alpha value is -0.660. The summed E-state index contributed by atoms with van der Waals surface area (Å²) in [5.41, 5.74) is 0. The van der Waals surface area contributed by atoms with E-state index in [9.17, 15) is 13.2 Å². The fourth-order valence-electron chi connectivity index (χ4n) is 1.23. The maximum atomic E-state index is 11.2. The molecule has 1 heterocycles. The van der Waals surface area contributed by atoms with E-state index < -0.39 is 21.9 Å². The zero-order chi connectivity index (χ0) is 10.8. The van der Waals surface area contributed by atoms with Crippen molar-refractivity contribution >= 4 is 16.0 Å². The van der Waals surface area contributed by atoms with Gasteiger partial charge in [-0.3, -0.25) is 4.79 Å². The van der Waals surface area contributed by atoms with Crippen LogP contribution >= 0.6 is 0 Å². The number of ether oxygens (including phenoxy) is 1. The van der Waals surface area contributed by atoms with Crippen molar-refractivity contribution in [2.45, 2.75) is 0 Å². The molecule has 1 aliphatic heterocycles. The van der Waals surface area contributed by atoms with Crippen LogP contribution in [-0.4, -0.2) is 56.4 Å². The van der Waals surface area contributed by atoms with Gasteiger partial charge in [-0.2, -0.15) is 4.31 Å². The molecule has 82 valence electrons. The molecule has 0 aromatic carbocycles. The van der Waals surface area contributed by atoms with Gasteiger partial charge in [-0.05, 0) is 0 Å². The molecule has 1 N–H and O–H groups in total. The van der Waals surface area contributed by atoms with Gasteiger partial charge in [0.05, 0.1) is 25.4 Å². The summed E-state index contributed by atoms with van der Waals surface area (Å²) in [7, 11) is -3.33. The average molecular weight is 223 g/mol. The number of aliphatic carboxylic acids is 1. The Kier molecular flexibility index (Phi) is 3.46. The molecule has 1 fully saturated rings. The Balaban J connectivity index is 2.75. The lowest BCUT2D eigenvalue weighted by atomic mass is 10.2. The van der Waals surface area contributed by atoms with Gasteiger partial charge in [0, 0.05) is 13.1 Å². The highest BCUT2D eigenvalue weighted by molar-refractivity contribution is 7.88. The van der Waals surface area contributed by atoms with Gasteiger partial charge in [-0.15, -0.1) is 0 Å². The Morgan fingerprint density at radius 1 is 1.57 bits per heavy atom. The van der Waals surface area contributed by atoms with Crippen LogP contribution in [0.1, 0.15) is 0 Å². The smallest absolute Gasteiger partial charge is 0.310 e. The number of carboxylic acids is 1. The zero-order valence-corrected chi connectivity index (χ0v) is 8.66. The van der Waals surface area contributed by atoms with Crippen molar-refractivity contribution in [2.24, 2.45) is 5.92 Å². The first-order chi connectivity index (χ1) is 6.41. The summed E-state index contributed by atoms with van der Waals surface area (Å²) in [4.78, 5) is 10.7. The molecule has 0 amide bonds. The molecule has 0 aliphatic carbocycles. The Morgan fingerprint density at radius 2 is 2.21 bits per heavy atom. The highest BCUT2D eigenvalue weighted by Crippen LogP contribution is 2.10. The fraction of sp³-hybridized carbons (Fsp3) is 0.857. The zero-order valence-electron chi connectivity index (χ0n) is 7.84. The van der Waals surface area contributed by atoms with Crippen molar-refractivity contribution in [1.29, 1.82) is 0 Å². The van der Waals surface area contributed by atoms with E-state index in [2.05, 4.69) is 0 Å². The third kappa shape index (κ3) is 2.93. The summed E-state index contributed by atoms with van der Waals surface area (Å²) >= 11 is 0. The molecule has 0 saturated carbocycles. The molecule has 0 aromatic rings. The fourth-order valence-corrected chi connectivity index (χ4v) is 2.09. The molecule has 1 aliphatic rings. The molecular formula is C7H13NO5S. The van der Waals surface area contributed by atoms with Crippen molar-refractivity contribution in [1.82, 2.24) is 4.31 Å². The summed E-state index contributed by atoms with van der Waals surface area (Å²) in [6.07, 6.45) is 1.07. The number of rotatable bonds is 2. The number of hydrogen-bond acceptors (Lipinski definition) is 4. The molecule has 0 bridgehead atoms. The van der Waals surface area contributed by atoms with Crippen molar-refractivity contribution in [3.8, 4) is 0 Å². The lowest BCUT2D eigenvalue weighted by molar-refractivity contribution is -0.143. The van der Waals surface area contributed by atoms with Crippen LogP contribution in [0.4, 0.5) is 0 Å². The van der Waals surface area contributed by atoms with E-state index in [1.54, 1.807) is 0 Å². The van der Waals surface area contributed by atoms with E-state index in [0.29, 0.717) is 0 Å². The van der Waals surface area contributed by atoms with Crippen LogP contribution in [0, 0.1) is 5.92 Å². The van der Waals surface area contributed by atoms with Gasteiger partial charge in [-0.1, -0.05) is 0 Å². The molecule has 14 heavy (non-hydrogen) atoms. The largest absolute Gasteiger partial charge is 0.481 e. The Bertz CT molecular complexity index is 312. The van der Waals surface area contributed by atoms with E-state index in [1.807, 2.05) is 0 Å². The number of sulfonamides is 1. The second kappa shape index (κ2) is 4.24. The second-order valence-electron chi connectivity index (χ2n) is 3.23. The molecule has 0 radical (unpaired) electrons. The lowest BCUT2D eigenvalue weighted by Gasteiger charge is -2.18. The number of carbonyl (C=O) groups is 1. The standard InChI is InChI=1S/C7H13NO5S/c1-14(11,12)8-2-3-13-5-6(4-8)7(9)10/h6H,2-5H2,1H3,(H,9,10)/t6-/m1/s1. The average Bonchev–Trinajstić information content (AvgIpc) is 2.26. The first kappa shape index (κ1) is 11.4. The molecule has 0 unspecified atom stereocenters. The summed E-state index contributed by atoms with van der Waals surface area (Å²) < 4.78 is 28.5. The lowest BCUT2D eigenvalue weighted by Crippen LogP contribution is -2.37. The van der Waals surface area contributed by atoms with Gasteiger partial charge in [0.2, 0.25) is 10.0 Å². The SMILES string of the molecule is CS(=O)(=O)N1CCOC[C@H](C(=O)O)C1. The van der Waals surface area contributed by atoms with Gasteiger partial charge in [-0.25, -0.2) is 8.42 Å². The molecule has 0 spiro atoms. The third-order valence-electron chi connectivity index (χ3n) is 2.05. The minimum absolute atomic E-state index is 0.00579. The predicted molar refractivity (Wildman–Crippen MR) is 48.4 cm³/mol. The normalized spacial score (nSPS) is 25.6. The number of hydrogen-bond donors (Lipinski definition) is 1. The van der Waals surface area contributed by atoms with Gasteiger partial charge >= 0.3 is 5.97 Å². The minimum Gasteiger partial charge on any atom is -0.481 e. The third-order valence-corrected chi connectivity index (χ3v) is 3.32. The Labute approximate surface area is 82.5 Å². The second-order valence-corrected chi connectivity index (χ2v) is 5.21. The molecule has 1 saturated heterocycles. The first-order valence-corrected chi connectivity index (χ1v) is 6.02.